The highest BCUT2D eigenvalue weighted by Gasteiger charge is 2.36. The van der Waals surface area contributed by atoms with Crippen molar-refractivity contribution >= 4 is 17.2 Å². The van der Waals surface area contributed by atoms with E-state index in [0.717, 1.165) is 0 Å². The second kappa shape index (κ2) is 5.39. The van der Waals surface area contributed by atoms with Crippen LogP contribution < -0.4 is 11.1 Å². The molecule has 0 aliphatic heterocycles. The molecule has 0 aliphatic rings. The van der Waals surface area contributed by atoms with Crippen molar-refractivity contribution in [3.05, 3.63) is 47.7 Å². The minimum absolute atomic E-state index is 0.0619. The third-order valence-electron chi connectivity index (χ3n) is 2.66. The number of pyridine rings is 1. The lowest BCUT2D eigenvalue weighted by atomic mass is 10.1. The van der Waals surface area contributed by atoms with E-state index in [1.165, 1.54) is 18.3 Å². The maximum atomic E-state index is 12.7. The van der Waals surface area contributed by atoms with Gasteiger partial charge in [0.05, 0.1) is 23.0 Å². The van der Waals surface area contributed by atoms with E-state index >= 15 is 0 Å². The van der Waals surface area contributed by atoms with Crippen LogP contribution in [-0.4, -0.2) is 4.98 Å². The van der Waals surface area contributed by atoms with Crippen LogP contribution in [0.25, 0.3) is 0 Å². The summed E-state index contributed by atoms with van der Waals surface area (Å²) in [4.78, 5) is 3.69. The van der Waals surface area contributed by atoms with Crippen LogP contribution in [0.1, 0.15) is 11.1 Å². The van der Waals surface area contributed by atoms with Gasteiger partial charge < -0.3 is 11.1 Å². The number of hydrogen-bond donors (Lipinski definition) is 2. The molecule has 1 aromatic carbocycles. The molecule has 3 nitrogen and oxygen atoms in total. The van der Waals surface area contributed by atoms with Crippen molar-refractivity contribution in [2.75, 3.05) is 11.1 Å². The summed E-state index contributed by atoms with van der Waals surface area (Å²) in [6.45, 7) is 0. The fraction of sp³-hybridized carbons (Fsp3) is 0.154. The van der Waals surface area contributed by atoms with Crippen molar-refractivity contribution in [3.63, 3.8) is 0 Å². The van der Waals surface area contributed by atoms with E-state index in [9.17, 15) is 26.3 Å². The van der Waals surface area contributed by atoms with Crippen LogP contribution >= 0.6 is 0 Å². The molecule has 0 fully saturated rings. The predicted molar refractivity (Wildman–Crippen MR) is 68.4 cm³/mol. The largest absolute Gasteiger partial charge is 0.416 e. The minimum Gasteiger partial charge on any atom is -0.384 e. The lowest BCUT2D eigenvalue weighted by Gasteiger charge is -2.15. The van der Waals surface area contributed by atoms with Crippen LogP contribution in [0.2, 0.25) is 0 Å². The van der Waals surface area contributed by atoms with Gasteiger partial charge in [0.25, 0.3) is 0 Å². The summed E-state index contributed by atoms with van der Waals surface area (Å²) in [5.41, 5.74) is 2.41. The Hall–Kier alpha value is -2.45. The maximum absolute atomic E-state index is 12.7. The first-order chi connectivity index (χ1) is 10.1. The first-order valence-electron chi connectivity index (χ1n) is 5.84. The average Bonchev–Trinajstić information content (AvgIpc) is 2.39. The Morgan fingerprint density at radius 2 is 1.36 bits per heavy atom. The summed E-state index contributed by atoms with van der Waals surface area (Å²) in [5, 5.41) is 2.44. The smallest absolute Gasteiger partial charge is 0.384 e. The van der Waals surface area contributed by atoms with Gasteiger partial charge in [0.15, 0.2) is 0 Å². The Bertz CT molecular complexity index is 629. The van der Waals surface area contributed by atoms with Gasteiger partial charge in [-0.3, -0.25) is 0 Å². The summed E-state index contributed by atoms with van der Waals surface area (Å²) < 4.78 is 76.2. The summed E-state index contributed by atoms with van der Waals surface area (Å²) in [6, 6.07) is 3.99. The molecule has 118 valence electrons. The Kier molecular flexibility index (Phi) is 3.90. The van der Waals surface area contributed by atoms with Gasteiger partial charge in [0.1, 0.15) is 5.82 Å². The zero-order valence-electron chi connectivity index (χ0n) is 10.8. The molecule has 0 unspecified atom stereocenters. The summed E-state index contributed by atoms with van der Waals surface area (Å²) >= 11 is 0. The maximum Gasteiger partial charge on any atom is 0.416 e. The Morgan fingerprint density at radius 3 is 1.77 bits per heavy atom. The Morgan fingerprint density at radius 1 is 0.818 bits per heavy atom. The predicted octanol–water partition coefficient (Wildman–Crippen LogP) is 4.45. The van der Waals surface area contributed by atoms with E-state index in [1.54, 1.807) is 0 Å². The third kappa shape index (κ3) is 3.80. The number of alkyl halides is 6. The van der Waals surface area contributed by atoms with E-state index in [-0.39, 0.29) is 23.3 Å². The molecule has 1 heterocycles. The zero-order valence-corrected chi connectivity index (χ0v) is 10.8. The van der Waals surface area contributed by atoms with Crippen LogP contribution in [0.15, 0.2) is 36.5 Å². The van der Waals surface area contributed by atoms with Gasteiger partial charge in [-0.1, -0.05) is 0 Å². The lowest BCUT2D eigenvalue weighted by molar-refractivity contribution is -0.143. The van der Waals surface area contributed by atoms with Crippen LogP contribution in [0, 0.1) is 0 Å². The number of nitrogens with two attached hydrogens (primary N) is 1. The van der Waals surface area contributed by atoms with Gasteiger partial charge in [0.2, 0.25) is 0 Å². The number of aromatic nitrogens is 1. The van der Waals surface area contributed by atoms with E-state index in [1.807, 2.05) is 0 Å². The van der Waals surface area contributed by atoms with Gasteiger partial charge in [-0.2, -0.15) is 26.3 Å². The summed E-state index contributed by atoms with van der Waals surface area (Å²) in [7, 11) is 0. The third-order valence-corrected chi connectivity index (χ3v) is 2.66. The highest BCUT2D eigenvalue weighted by Crippen LogP contribution is 2.38. The summed E-state index contributed by atoms with van der Waals surface area (Å²) in [6.07, 6.45) is -8.59. The summed E-state index contributed by atoms with van der Waals surface area (Å²) in [5.74, 6) is 0.172. The van der Waals surface area contributed by atoms with E-state index in [2.05, 4.69) is 10.3 Å². The fourth-order valence-electron chi connectivity index (χ4n) is 1.67. The van der Waals surface area contributed by atoms with Crippen molar-refractivity contribution in [1.82, 2.24) is 4.98 Å². The molecule has 0 saturated carbocycles. The average molecular weight is 321 g/mol. The van der Waals surface area contributed by atoms with Gasteiger partial charge in [-0.15, -0.1) is 0 Å². The monoisotopic (exact) mass is 321 g/mol. The fourth-order valence-corrected chi connectivity index (χ4v) is 1.67. The molecule has 3 N–H and O–H groups in total. The zero-order chi connectivity index (χ0) is 16.5. The normalized spacial score (nSPS) is 12.3. The molecule has 0 radical (unpaired) electrons. The number of anilines is 3. The van der Waals surface area contributed by atoms with Gasteiger partial charge in [-0.05, 0) is 30.3 Å². The second-order valence-corrected chi connectivity index (χ2v) is 4.39. The molecule has 0 bridgehead atoms. The van der Waals surface area contributed by atoms with Crippen molar-refractivity contribution in [1.29, 1.82) is 0 Å². The van der Waals surface area contributed by atoms with Gasteiger partial charge >= 0.3 is 12.4 Å². The number of nitrogens with one attached hydrogen (secondary N) is 1. The number of rotatable bonds is 2. The standard InChI is InChI=1S/C13H9F6N3/c14-12(15,16)7-3-8(13(17,18)19)5-10(4-7)22-9-1-2-11(20)21-6-9/h1-6,22H,(H2,20,21). The molecule has 22 heavy (non-hydrogen) atoms. The van der Waals surface area contributed by atoms with Crippen LogP contribution in [0.4, 0.5) is 43.5 Å². The topological polar surface area (TPSA) is 50.9 Å². The molecule has 2 rings (SSSR count). The molecular formula is C13H9F6N3. The van der Waals surface area contributed by atoms with E-state index < -0.39 is 23.5 Å². The number of benzene rings is 1. The Balaban J connectivity index is 2.44. The first kappa shape index (κ1) is 15.9. The minimum atomic E-state index is -4.89. The number of nitrogens with zero attached hydrogens (tertiary/aromatic N) is 1. The van der Waals surface area contributed by atoms with Crippen molar-refractivity contribution in [3.8, 4) is 0 Å². The van der Waals surface area contributed by atoms with Crippen molar-refractivity contribution < 1.29 is 26.3 Å². The van der Waals surface area contributed by atoms with Crippen LogP contribution in [0.5, 0.6) is 0 Å². The number of hydrogen-bond acceptors (Lipinski definition) is 3. The molecular weight excluding hydrogens is 312 g/mol. The molecule has 0 aliphatic carbocycles. The van der Waals surface area contributed by atoms with Gasteiger partial charge in [-0.25, -0.2) is 4.98 Å². The Labute approximate surface area is 120 Å². The molecule has 0 saturated heterocycles. The number of halogens is 6. The second-order valence-electron chi connectivity index (χ2n) is 4.39. The molecule has 0 spiro atoms. The van der Waals surface area contributed by atoms with E-state index in [4.69, 9.17) is 5.73 Å². The molecule has 1 aromatic heterocycles. The molecule has 0 atom stereocenters. The molecule has 0 amide bonds. The first-order valence-corrected chi connectivity index (χ1v) is 5.84. The van der Waals surface area contributed by atoms with E-state index in [0.29, 0.717) is 12.1 Å². The number of nitrogen functional groups attached to an aromatic ring is 1. The molecule has 9 heteroatoms. The molecule has 2 aromatic rings. The quantitative estimate of drug-likeness (QED) is 0.804. The highest BCUT2D eigenvalue weighted by atomic mass is 19.4. The SMILES string of the molecule is Nc1ccc(Nc2cc(C(F)(F)F)cc(C(F)(F)F)c2)cn1. The van der Waals surface area contributed by atoms with Crippen LogP contribution in [-0.2, 0) is 12.4 Å². The highest BCUT2D eigenvalue weighted by molar-refractivity contribution is 5.62. The van der Waals surface area contributed by atoms with Crippen molar-refractivity contribution in [2.24, 2.45) is 0 Å². The van der Waals surface area contributed by atoms with Gasteiger partial charge in [0, 0.05) is 5.69 Å². The van der Waals surface area contributed by atoms with Crippen LogP contribution in [0.3, 0.4) is 0 Å². The van der Waals surface area contributed by atoms with Crippen molar-refractivity contribution in [2.45, 2.75) is 12.4 Å². The lowest BCUT2D eigenvalue weighted by Crippen LogP contribution is -2.11.